The van der Waals surface area contributed by atoms with E-state index >= 15 is 0 Å². The fourth-order valence-electron chi connectivity index (χ4n) is 2.32. The lowest BCUT2D eigenvalue weighted by Gasteiger charge is -2.35. The van der Waals surface area contributed by atoms with E-state index in [1.807, 2.05) is 32.9 Å². The number of rotatable bonds is 1. The zero-order chi connectivity index (χ0) is 14.0. The summed E-state index contributed by atoms with van der Waals surface area (Å²) < 4.78 is 5.62. The van der Waals surface area contributed by atoms with E-state index in [2.05, 4.69) is 5.32 Å². The standard InChI is InChI=1S/C14H19ClN2O2/c1-9-5-4-6-12(15)13(9)16-14(18)17-7-10(2)19-11(3)8-17/h4-6,10-11H,7-8H2,1-3H3,(H,16,18)/t10-,11-/m0/s1. The quantitative estimate of drug-likeness (QED) is 0.859. The molecule has 19 heavy (non-hydrogen) atoms. The molecule has 2 amide bonds. The molecule has 0 aliphatic carbocycles. The van der Waals surface area contributed by atoms with Crippen LogP contribution in [0.25, 0.3) is 0 Å². The summed E-state index contributed by atoms with van der Waals surface area (Å²) in [7, 11) is 0. The van der Waals surface area contributed by atoms with Crippen LogP contribution in [0.1, 0.15) is 19.4 Å². The number of halogens is 1. The van der Waals surface area contributed by atoms with E-state index in [4.69, 9.17) is 16.3 Å². The van der Waals surface area contributed by atoms with E-state index in [-0.39, 0.29) is 18.2 Å². The molecule has 1 N–H and O–H groups in total. The third kappa shape index (κ3) is 3.39. The van der Waals surface area contributed by atoms with E-state index in [0.717, 1.165) is 5.56 Å². The predicted octanol–water partition coefficient (Wildman–Crippen LogP) is 3.29. The lowest BCUT2D eigenvalue weighted by Crippen LogP contribution is -2.49. The van der Waals surface area contributed by atoms with Crippen molar-refractivity contribution in [2.24, 2.45) is 0 Å². The lowest BCUT2D eigenvalue weighted by molar-refractivity contribution is -0.0530. The van der Waals surface area contributed by atoms with Crippen molar-refractivity contribution in [2.75, 3.05) is 18.4 Å². The van der Waals surface area contributed by atoms with Crippen LogP contribution in [-0.2, 0) is 4.74 Å². The number of morpholine rings is 1. The van der Waals surface area contributed by atoms with Crippen molar-refractivity contribution in [1.29, 1.82) is 0 Å². The Morgan fingerprint density at radius 3 is 2.58 bits per heavy atom. The summed E-state index contributed by atoms with van der Waals surface area (Å²) in [5.41, 5.74) is 1.64. The van der Waals surface area contributed by atoms with Gasteiger partial charge in [-0.15, -0.1) is 0 Å². The Bertz CT molecular complexity index is 448. The topological polar surface area (TPSA) is 41.6 Å². The predicted molar refractivity (Wildman–Crippen MR) is 76.8 cm³/mol. The molecule has 0 bridgehead atoms. The number of nitrogens with zero attached hydrogens (tertiary/aromatic N) is 1. The summed E-state index contributed by atoms with van der Waals surface area (Å²) in [6, 6.07) is 5.44. The summed E-state index contributed by atoms with van der Waals surface area (Å²) in [5.74, 6) is 0. The molecule has 0 unspecified atom stereocenters. The number of carbonyl (C=O) groups excluding carboxylic acids is 1. The molecule has 1 aliphatic heterocycles. The normalized spacial score (nSPS) is 23.3. The minimum atomic E-state index is -0.127. The SMILES string of the molecule is Cc1cccc(Cl)c1NC(=O)N1C[C@H](C)O[C@@H](C)C1. The van der Waals surface area contributed by atoms with Gasteiger partial charge in [0.2, 0.25) is 0 Å². The highest BCUT2D eigenvalue weighted by molar-refractivity contribution is 6.33. The molecule has 0 spiro atoms. The molecular formula is C14H19ClN2O2. The van der Waals surface area contributed by atoms with Crippen LogP contribution in [0.15, 0.2) is 18.2 Å². The third-order valence-corrected chi connectivity index (χ3v) is 3.48. The number of carbonyl (C=O) groups is 1. The second-order valence-corrected chi connectivity index (χ2v) is 5.43. The molecule has 1 aromatic rings. The summed E-state index contributed by atoms with van der Waals surface area (Å²) in [6.45, 7) is 7.05. The number of aryl methyl sites for hydroxylation is 1. The highest BCUT2D eigenvalue weighted by atomic mass is 35.5. The van der Waals surface area contributed by atoms with Gasteiger partial charge < -0.3 is 15.0 Å². The van der Waals surface area contributed by atoms with E-state index in [1.54, 1.807) is 11.0 Å². The maximum absolute atomic E-state index is 12.3. The Kier molecular flexibility index (Phi) is 4.32. The van der Waals surface area contributed by atoms with Crippen LogP contribution < -0.4 is 5.32 Å². The summed E-state index contributed by atoms with van der Waals surface area (Å²) in [4.78, 5) is 14.0. The molecule has 1 fully saturated rings. The molecule has 104 valence electrons. The van der Waals surface area contributed by atoms with Gasteiger partial charge in [0.25, 0.3) is 0 Å². The summed E-state index contributed by atoms with van der Waals surface area (Å²) in [6.07, 6.45) is 0.115. The molecule has 2 atom stereocenters. The van der Waals surface area contributed by atoms with Gasteiger partial charge in [0.1, 0.15) is 0 Å². The van der Waals surface area contributed by atoms with Crippen molar-refractivity contribution in [3.8, 4) is 0 Å². The molecule has 4 nitrogen and oxygen atoms in total. The van der Waals surface area contributed by atoms with Crippen molar-refractivity contribution in [3.63, 3.8) is 0 Å². The monoisotopic (exact) mass is 282 g/mol. The van der Waals surface area contributed by atoms with Crippen LogP contribution in [0, 0.1) is 6.92 Å². The summed E-state index contributed by atoms with van der Waals surface area (Å²) >= 11 is 6.11. The first kappa shape index (κ1) is 14.2. The number of urea groups is 1. The molecular weight excluding hydrogens is 264 g/mol. The zero-order valence-corrected chi connectivity index (χ0v) is 12.2. The van der Waals surface area contributed by atoms with Gasteiger partial charge in [-0.2, -0.15) is 0 Å². The van der Waals surface area contributed by atoms with Crippen molar-refractivity contribution in [1.82, 2.24) is 4.90 Å². The number of para-hydroxylation sites is 1. The van der Waals surface area contributed by atoms with Gasteiger partial charge in [0, 0.05) is 13.1 Å². The number of anilines is 1. The first-order valence-electron chi connectivity index (χ1n) is 6.44. The van der Waals surface area contributed by atoms with Gasteiger partial charge in [0.05, 0.1) is 22.9 Å². The minimum Gasteiger partial charge on any atom is -0.372 e. The Labute approximate surface area is 118 Å². The van der Waals surface area contributed by atoms with Gasteiger partial charge in [-0.05, 0) is 32.4 Å². The highest BCUT2D eigenvalue weighted by Crippen LogP contribution is 2.25. The van der Waals surface area contributed by atoms with Crippen molar-refractivity contribution in [2.45, 2.75) is 33.0 Å². The molecule has 5 heteroatoms. The van der Waals surface area contributed by atoms with E-state index in [0.29, 0.717) is 23.8 Å². The second kappa shape index (κ2) is 5.80. The minimum absolute atomic E-state index is 0.0573. The molecule has 1 aliphatic rings. The largest absolute Gasteiger partial charge is 0.372 e. The maximum atomic E-state index is 12.3. The lowest BCUT2D eigenvalue weighted by atomic mass is 10.2. The van der Waals surface area contributed by atoms with Crippen LogP contribution in [0.2, 0.25) is 5.02 Å². The number of hydrogen-bond donors (Lipinski definition) is 1. The molecule has 1 saturated heterocycles. The van der Waals surface area contributed by atoms with Crippen LogP contribution in [0.5, 0.6) is 0 Å². The Hall–Kier alpha value is -1.26. The average molecular weight is 283 g/mol. The molecule has 0 saturated carbocycles. The zero-order valence-electron chi connectivity index (χ0n) is 11.4. The average Bonchev–Trinajstić information content (AvgIpc) is 2.32. The Morgan fingerprint density at radius 1 is 1.37 bits per heavy atom. The fraction of sp³-hybridized carbons (Fsp3) is 0.500. The fourth-order valence-corrected chi connectivity index (χ4v) is 2.59. The summed E-state index contributed by atoms with van der Waals surface area (Å²) in [5, 5.41) is 3.45. The third-order valence-electron chi connectivity index (χ3n) is 3.16. The van der Waals surface area contributed by atoms with Gasteiger partial charge >= 0.3 is 6.03 Å². The molecule has 0 radical (unpaired) electrons. The van der Waals surface area contributed by atoms with Crippen molar-refractivity contribution in [3.05, 3.63) is 28.8 Å². The van der Waals surface area contributed by atoms with E-state index in [1.165, 1.54) is 0 Å². The number of hydrogen-bond acceptors (Lipinski definition) is 2. The van der Waals surface area contributed by atoms with E-state index in [9.17, 15) is 4.79 Å². The van der Waals surface area contributed by atoms with Gasteiger partial charge in [-0.25, -0.2) is 4.79 Å². The number of amides is 2. The first-order chi connectivity index (χ1) is 8.97. The molecule has 1 heterocycles. The number of nitrogens with one attached hydrogen (secondary N) is 1. The molecule has 0 aromatic heterocycles. The van der Waals surface area contributed by atoms with Crippen LogP contribution in [-0.4, -0.2) is 36.2 Å². The van der Waals surface area contributed by atoms with Gasteiger partial charge in [0.15, 0.2) is 0 Å². The number of ether oxygens (including phenoxy) is 1. The number of benzene rings is 1. The molecule has 2 rings (SSSR count). The maximum Gasteiger partial charge on any atom is 0.322 e. The Balaban J connectivity index is 2.08. The smallest absolute Gasteiger partial charge is 0.322 e. The first-order valence-corrected chi connectivity index (χ1v) is 6.81. The van der Waals surface area contributed by atoms with E-state index < -0.39 is 0 Å². The van der Waals surface area contributed by atoms with Crippen molar-refractivity contribution >= 4 is 23.3 Å². The second-order valence-electron chi connectivity index (χ2n) is 5.02. The molecule has 1 aromatic carbocycles. The van der Waals surface area contributed by atoms with Crippen LogP contribution >= 0.6 is 11.6 Å². The van der Waals surface area contributed by atoms with Crippen LogP contribution in [0.3, 0.4) is 0 Å². The Morgan fingerprint density at radius 2 is 2.00 bits per heavy atom. The van der Waals surface area contributed by atoms with Crippen molar-refractivity contribution < 1.29 is 9.53 Å². The highest BCUT2D eigenvalue weighted by Gasteiger charge is 2.26. The van der Waals surface area contributed by atoms with Crippen LogP contribution in [0.4, 0.5) is 10.5 Å². The van der Waals surface area contributed by atoms with Gasteiger partial charge in [-0.1, -0.05) is 23.7 Å². The van der Waals surface area contributed by atoms with Gasteiger partial charge in [-0.3, -0.25) is 0 Å².